The topological polar surface area (TPSA) is 63.6 Å². The molecule has 1 aromatic rings. The van der Waals surface area contributed by atoms with E-state index in [9.17, 15) is 14.7 Å². The van der Waals surface area contributed by atoms with E-state index in [0.717, 1.165) is 53.9 Å². The first-order valence-corrected chi connectivity index (χ1v) is 14.9. The fourth-order valence-electron chi connectivity index (χ4n) is 5.38. The summed E-state index contributed by atoms with van der Waals surface area (Å²) in [7, 11) is 0. The molecular weight excluding hydrogens is 472 g/mol. The lowest BCUT2D eigenvalue weighted by atomic mass is 9.85. The van der Waals surface area contributed by atoms with Gasteiger partial charge in [-0.1, -0.05) is 72.6 Å². The number of allylic oxidation sites excluding steroid dienone is 4. The number of hydrogen-bond donors (Lipinski definition) is 1. The SMILES string of the molecule is Cc1c(O)cc2c(c1C)OC(C)(CCCC(C)CCCC(C)CCCC(C)C)CC2.O=C1C=CC(=O)C=C1. The summed E-state index contributed by atoms with van der Waals surface area (Å²) in [6.45, 7) is 15.9. The number of benzene rings is 1. The number of ether oxygens (including phenoxy) is 1. The van der Waals surface area contributed by atoms with Crippen LogP contribution in [0.5, 0.6) is 11.5 Å². The molecule has 2 aliphatic rings. The third-order valence-electron chi connectivity index (χ3n) is 8.26. The van der Waals surface area contributed by atoms with Crippen molar-refractivity contribution in [1.29, 1.82) is 0 Å². The van der Waals surface area contributed by atoms with Crippen LogP contribution in [-0.2, 0) is 16.0 Å². The normalized spacial score (nSPS) is 20.0. The molecule has 1 heterocycles. The van der Waals surface area contributed by atoms with Gasteiger partial charge in [0.25, 0.3) is 0 Å². The second kappa shape index (κ2) is 15.3. The maximum Gasteiger partial charge on any atom is 0.178 e. The Morgan fingerprint density at radius 2 is 1.32 bits per heavy atom. The van der Waals surface area contributed by atoms with Crippen LogP contribution in [0.15, 0.2) is 30.4 Å². The smallest absolute Gasteiger partial charge is 0.178 e. The Balaban J connectivity index is 0.000000538. The monoisotopic (exact) mass is 524 g/mol. The average Bonchev–Trinajstić information content (AvgIpc) is 2.85. The summed E-state index contributed by atoms with van der Waals surface area (Å²) in [5.74, 6) is 3.74. The fourth-order valence-corrected chi connectivity index (χ4v) is 5.38. The molecule has 1 aromatic carbocycles. The van der Waals surface area contributed by atoms with Gasteiger partial charge in [-0.05, 0) is 111 Å². The zero-order valence-electron chi connectivity index (χ0n) is 25.1. The number of phenols is 1. The first-order valence-electron chi connectivity index (χ1n) is 14.9. The molecule has 38 heavy (non-hydrogen) atoms. The maximum absolute atomic E-state index is 10.3. The van der Waals surface area contributed by atoms with Gasteiger partial charge in [-0.15, -0.1) is 0 Å². The van der Waals surface area contributed by atoms with Gasteiger partial charge in [0.05, 0.1) is 0 Å². The molecule has 0 saturated heterocycles. The van der Waals surface area contributed by atoms with Crippen molar-refractivity contribution in [1.82, 2.24) is 0 Å². The van der Waals surface area contributed by atoms with Crippen LogP contribution in [0.4, 0.5) is 0 Å². The minimum Gasteiger partial charge on any atom is -0.508 e. The number of phenolic OH excluding ortho intramolecular Hbond substituents is 1. The van der Waals surface area contributed by atoms with Crippen molar-refractivity contribution in [2.75, 3.05) is 0 Å². The van der Waals surface area contributed by atoms with E-state index in [4.69, 9.17) is 4.74 Å². The van der Waals surface area contributed by atoms with Gasteiger partial charge in [-0.25, -0.2) is 0 Å². The molecule has 0 fully saturated rings. The molecule has 212 valence electrons. The van der Waals surface area contributed by atoms with Crippen molar-refractivity contribution in [3.05, 3.63) is 47.1 Å². The molecule has 0 radical (unpaired) electrons. The van der Waals surface area contributed by atoms with Crippen molar-refractivity contribution >= 4 is 11.6 Å². The standard InChI is InChI=1S/C28H48O2.C6H4O2/c1-20(2)11-8-12-21(3)13-9-14-22(4)15-10-17-28(7)18-16-25-19-26(29)23(5)24(6)27(25)30-28;7-5-1-2-6(8)4-3-5/h19-22,29H,8-18H2,1-7H3;1-4H. The number of rotatable bonds is 12. The van der Waals surface area contributed by atoms with Crippen molar-refractivity contribution in [3.63, 3.8) is 0 Å². The lowest BCUT2D eigenvalue weighted by molar-refractivity contribution is -0.113. The van der Waals surface area contributed by atoms with Gasteiger partial charge in [0, 0.05) is 0 Å². The summed E-state index contributed by atoms with van der Waals surface area (Å²) in [6.07, 6.45) is 19.1. The van der Waals surface area contributed by atoms with Crippen LogP contribution in [0, 0.1) is 31.6 Å². The van der Waals surface area contributed by atoms with Crippen molar-refractivity contribution < 1.29 is 19.4 Å². The Morgan fingerprint density at radius 1 is 0.816 bits per heavy atom. The van der Waals surface area contributed by atoms with Gasteiger partial charge in [-0.3, -0.25) is 9.59 Å². The Bertz CT molecular complexity index is 949. The minimum absolute atomic E-state index is 0.0637. The van der Waals surface area contributed by atoms with E-state index in [1.165, 1.54) is 81.2 Å². The second-order valence-corrected chi connectivity index (χ2v) is 12.5. The summed E-state index contributed by atoms with van der Waals surface area (Å²) in [6, 6.07) is 1.91. The number of ketones is 2. The molecule has 0 saturated carbocycles. The Morgan fingerprint density at radius 3 is 1.84 bits per heavy atom. The van der Waals surface area contributed by atoms with Gasteiger partial charge < -0.3 is 9.84 Å². The third-order valence-corrected chi connectivity index (χ3v) is 8.26. The minimum atomic E-state index is -0.121. The van der Waals surface area contributed by atoms with Gasteiger partial charge in [-0.2, -0.15) is 0 Å². The Kier molecular flexibility index (Phi) is 12.8. The van der Waals surface area contributed by atoms with Gasteiger partial charge in [0.15, 0.2) is 11.6 Å². The Hall–Kier alpha value is -2.36. The highest BCUT2D eigenvalue weighted by molar-refractivity contribution is 6.14. The molecule has 3 unspecified atom stereocenters. The van der Waals surface area contributed by atoms with E-state index in [1.807, 2.05) is 13.0 Å². The molecule has 1 aliphatic heterocycles. The largest absolute Gasteiger partial charge is 0.508 e. The molecule has 4 nitrogen and oxygen atoms in total. The number of carbonyl (C=O) groups excluding carboxylic acids is 2. The number of aromatic hydroxyl groups is 1. The predicted molar refractivity (Wildman–Crippen MR) is 158 cm³/mol. The van der Waals surface area contributed by atoms with Crippen LogP contribution in [0.25, 0.3) is 0 Å². The van der Waals surface area contributed by atoms with E-state index in [0.29, 0.717) is 5.75 Å². The zero-order valence-corrected chi connectivity index (χ0v) is 25.1. The van der Waals surface area contributed by atoms with E-state index >= 15 is 0 Å². The maximum atomic E-state index is 10.3. The number of fused-ring (bicyclic) bond motifs is 1. The quantitative estimate of drug-likeness (QED) is 0.278. The van der Waals surface area contributed by atoms with Crippen LogP contribution >= 0.6 is 0 Å². The van der Waals surface area contributed by atoms with E-state index in [2.05, 4.69) is 41.5 Å². The molecular formula is C34H52O4. The van der Waals surface area contributed by atoms with Crippen molar-refractivity contribution in [3.8, 4) is 11.5 Å². The number of carbonyl (C=O) groups is 2. The van der Waals surface area contributed by atoms with Crippen LogP contribution < -0.4 is 4.74 Å². The van der Waals surface area contributed by atoms with E-state index in [-0.39, 0.29) is 17.2 Å². The second-order valence-electron chi connectivity index (χ2n) is 12.5. The summed E-state index contributed by atoms with van der Waals surface area (Å²) in [5.41, 5.74) is 3.16. The molecule has 1 aliphatic carbocycles. The molecule has 1 N–H and O–H groups in total. The lowest BCUT2D eigenvalue weighted by Gasteiger charge is -2.37. The number of aryl methyl sites for hydroxylation is 1. The highest BCUT2D eigenvalue weighted by Gasteiger charge is 2.33. The molecule has 0 bridgehead atoms. The molecule has 0 spiro atoms. The van der Waals surface area contributed by atoms with Crippen LogP contribution in [0.3, 0.4) is 0 Å². The van der Waals surface area contributed by atoms with E-state index < -0.39 is 0 Å². The highest BCUT2D eigenvalue weighted by atomic mass is 16.5. The van der Waals surface area contributed by atoms with E-state index in [1.54, 1.807) is 0 Å². The summed E-state index contributed by atoms with van der Waals surface area (Å²) < 4.78 is 6.52. The molecule has 3 atom stereocenters. The first-order chi connectivity index (χ1) is 17.9. The first kappa shape index (κ1) is 31.9. The van der Waals surface area contributed by atoms with Gasteiger partial charge in [0.1, 0.15) is 17.1 Å². The molecule has 0 aromatic heterocycles. The van der Waals surface area contributed by atoms with Crippen molar-refractivity contribution in [2.24, 2.45) is 17.8 Å². The summed E-state index contributed by atoms with van der Waals surface area (Å²) in [5, 5.41) is 10.1. The predicted octanol–water partition coefficient (Wildman–Crippen LogP) is 8.78. The highest BCUT2D eigenvalue weighted by Crippen LogP contribution is 2.42. The zero-order chi connectivity index (χ0) is 28.3. The van der Waals surface area contributed by atoms with Gasteiger partial charge in [0.2, 0.25) is 0 Å². The molecule has 0 amide bonds. The molecule has 4 heteroatoms. The van der Waals surface area contributed by atoms with Crippen molar-refractivity contribution in [2.45, 2.75) is 125 Å². The summed E-state index contributed by atoms with van der Waals surface area (Å²) >= 11 is 0. The third kappa shape index (κ3) is 10.8. The fraction of sp³-hybridized carbons (Fsp3) is 0.647. The van der Waals surface area contributed by atoms with Crippen LogP contribution in [-0.4, -0.2) is 22.3 Å². The number of hydrogen-bond acceptors (Lipinski definition) is 4. The van der Waals surface area contributed by atoms with Crippen LogP contribution in [0.2, 0.25) is 0 Å². The molecule has 3 rings (SSSR count). The average molecular weight is 525 g/mol. The Labute approximate surface area is 231 Å². The van der Waals surface area contributed by atoms with Crippen LogP contribution in [0.1, 0.15) is 116 Å². The lowest BCUT2D eigenvalue weighted by Crippen LogP contribution is -2.36. The summed E-state index contributed by atoms with van der Waals surface area (Å²) in [4.78, 5) is 20.6. The van der Waals surface area contributed by atoms with Gasteiger partial charge >= 0.3 is 0 Å².